The van der Waals surface area contributed by atoms with Crippen LogP contribution < -0.4 is 5.73 Å². The highest BCUT2D eigenvalue weighted by Crippen LogP contribution is 2.59. The minimum atomic E-state index is -0.0358. The molecule has 0 spiro atoms. The van der Waals surface area contributed by atoms with Crippen molar-refractivity contribution < 1.29 is 0 Å². The van der Waals surface area contributed by atoms with Crippen LogP contribution in [0.4, 0.5) is 0 Å². The molecule has 4 unspecified atom stereocenters. The lowest BCUT2D eigenvalue weighted by Crippen LogP contribution is -2.08. The van der Waals surface area contributed by atoms with Gasteiger partial charge >= 0.3 is 0 Å². The lowest BCUT2D eigenvalue weighted by atomic mass is 9.83. The number of allylic oxidation sites excluding steroid dienone is 1. The quantitative estimate of drug-likeness (QED) is 0.142. The van der Waals surface area contributed by atoms with Crippen LogP contribution in [-0.2, 0) is 12.0 Å². The summed E-state index contributed by atoms with van der Waals surface area (Å²) in [5, 5.41) is 0. The number of rotatable bonds is 10. The Balaban J connectivity index is 0.000000471. The van der Waals surface area contributed by atoms with Crippen molar-refractivity contribution in [2.45, 2.75) is 58.2 Å². The largest absolute Gasteiger partial charge is 0.324 e. The van der Waals surface area contributed by atoms with Crippen molar-refractivity contribution in [2.24, 2.45) is 5.73 Å². The number of hydrogen-bond donors (Lipinski definition) is 1. The van der Waals surface area contributed by atoms with E-state index in [2.05, 4.69) is 190 Å². The van der Waals surface area contributed by atoms with Gasteiger partial charge in [0.1, 0.15) is 0 Å². The first-order valence-electron chi connectivity index (χ1n) is 20.1. The fourth-order valence-electron chi connectivity index (χ4n) is 8.37. The molecule has 0 aromatic heterocycles. The van der Waals surface area contributed by atoms with Crippen molar-refractivity contribution in [3.05, 3.63) is 210 Å². The summed E-state index contributed by atoms with van der Waals surface area (Å²) in [5.74, 6) is 0. The van der Waals surface area contributed by atoms with Crippen molar-refractivity contribution >= 4 is 6.08 Å². The third kappa shape index (κ3) is 7.82. The third-order valence-corrected chi connectivity index (χ3v) is 11.5. The summed E-state index contributed by atoms with van der Waals surface area (Å²) < 4.78 is 0. The molecule has 2 heteroatoms. The average Bonchev–Trinajstić information content (AvgIpc) is 3.83. The van der Waals surface area contributed by atoms with Gasteiger partial charge in [0.25, 0.3) is 0 Å². The van der Waals surface area contributed by atoms with E-state index >= 15 is 0 Å². The zero-order chi connectivity index (χ0) is 39.1. The second-order valence-electron chi connectivity index (χ2n) is 15.0. The summed E-state index contributed by atoms with van der Waals surface area (Å²) >= 11 is 0. The van der Waals surface area contributed by atoms with Gasteiger partial charge in [-0.15, -0.1) is 0 Å². The van der Waals surface area contributed by atoms with Crippen molar-refractivity contribution in [1.82, 2.24) is 4.90 Å². The van der Waals surface area contributed by atoms with E-state index in [-0.39, 0.29) is 11.6 Å². The van der Waals surface area contributed by atoms with Gasteiger partial charge in [0.2, 0.25) is 0 Å². The number of benzene rings is 7. The molecule has 7 aromatic carbocycles. The standard InChI is InChI=1S/C46H43N.C8H11N/c1-5-7-19-33-22-18-29-39(37(33)6-2)44-32-35(45-46(3,47(45)4)36-23-12-9-13-24-36)30-31-43(44)42-28-17-16-27-41(42)40-26-15-14-25-38(40)34-20-10-8-11-21-34;1-7(9)8-5-3-2-4-6-8/h7-32,45H,5-6H2,1-4H3;2-7H,9H2,1H3/b19-7-;. The summed E-state index contributed by atoms with van der Waals surface area (Å²) in [5.41, 5.74) is 22.3. The van der Waals surface area contributed by atoms with Gasteiger partial charge in [-0.3, -0.25) is 4.90 Å². The number of nitrogens with zero attached hydrogens (tertiary/aromatic N) is 1. The normalized spacial score (nSPS) is 17.9. The molecule has 2 N–H and O–H groups in total. The van der Waals surface area contributed by atoms with E-state index in [4.69, 9.17) is 5.73 Å². The summed E-state index contributed by atoms with van der Waals surface area (Å²) in [6, 6.07) is 64.1. The van der Waals surface area contributed by atoms with Crippen LogP contribution in [0.1, 0.15) is 74.0 Å². The molecule has 0 amide bonds. The summed E-state index contributed by atoms with van der Waals surface area (Å²) in [7, 11) is 2.26. The highest BCUT2D eigenvalue weighted by Gasteiger charge is 2.58. The zero-order valence-corrected chi connectivity index (χ0v) is 33.5. The Labute approximate surface area is 335 Å². The van der Waals surface area contributed by atoms with Crippen LogP contribution in [0.5, 0.6) is 0 Å². The van der Waals surface area contributed by atoms with Crippen LogP contribution in [0.15, 0.2) is 182 Å². The van der Waals surface area contributed by atoms with Crippen LogP contribution in [-0.4, -0.2) is 11.9 Å². The molecule has 280 valence electrons. The van der Waals surface area contributed by atoms with E-state index in [1.807, 2.05) is 37.3 Å². The molecule has 1 fully saturated rings. The molecule has 0 saturated carbocycles. The molecule has 7 aromatic rings. The van der Waals surface area contributed by atoms with Gasteiger partial charge < -0.3 is 5.73 Å². The van der Waals surface area contributed by atoms with E-state index < -0.39 is 0 Å². The Morgan fingerprint density at radius 2 is 1.11 bits per heavy atom. The van der Waals surface area contributed by atoms with Crippen molar-refractivity contribution in [1.29, 1.82) is 0 Å². The van der Waals surface area contributed by atoms with E-state index in [9.17, 15) is 0 Å². The first kappa shape index (κ1) is 38.5. The summed E-state index contributed by atoms with van der Waals surface area (Å²) in [4.78, 5) is 2.51. The number of nitrogens with two attached hydrogens (primary N) is 1. The molecule has 4 atom stereocenters. The van der Waals surface area contributed by atoms with Crippen LogP contribution >= 0.6 is 0 Å². The topological polar surface area (TPSA) is 29.0 Å². The Kier molecular flexibility index (Phi) is 11.9. The van der Waals surface area contributed by atoms with Crippen molar-refractivity contribution in [2.75, 3.05) is 7.05 Å². The van der Waals surface area contributed by atoms with Crippen LogP contribution in [0.3, 0.4) is 0 Å². The van der Waals surface area contributed by atoms with E-state index in [0.717, 1.165) is 12.8 Å². The van der Waals surface area contributed by atoms with E-state index in [0.29, 0.717) is 6.04 Å². The monoisotopic (exact) mass is 730 g/mol. The predicted molar refractivity (Wildman–Crippen MR) is 240 cm³/mol. The van der Waals surface area contributed by atoms with Gasteiger partial charge in [-0.25, -0.2) is 0 Å². The maximum Gasteiger partial charge on any atom is 0.0634 e. The fourth-order valence-corrected chi connectivity index (χ4v) is 8.37. The molecule has 1 aliphatic rings. The maximum atomic E-state index is 5.61. The second kappa shape index (κ2) is 17.3. The van der Waals surface area contributed by atoms with Gasteiger partial charge in [0, 0.05) is 6.04 Å². The summed E-state index contributed by atoms with van der Waals surface area (Å²) in [6.45, 7) is 8.85. The maximum absolute atomic E-state index is 5.61. The van der Waals surface area contributed by atoms with Gasteiger partial charge in [0.05, 0.1) is 11.6 Å². The molecule has 1 saturated heterocycles. The molecule has 1 heterocycles. The minimum absolute atomic E-state index is 0.0358. The first-order valence-corrected chi connectivity index (χ1v) is 20.1. The SMILES string of the molecule is CC(N)c1ccccc1.CC/C=C\c1cccc(-c2cc(C3N(C)C3(C)c3ccccc3)ccc2-c2ccccc2-c2ccccc2-c2ccccc2)c1CC. The lowest BCUT2D eigenvalue weighted by Gasteiger charge is -2.20. The Morgan fingerprint density at radius 3 is 1.68 bits per heavy atom. The van der Waals surface area contributed by atoms with Gasteiger partial charge in [0.15, 0.2) is 0 Å². The van der Waals surface area contributed by atoms with E-state index in [1.165, 1.54) is 72.3 Å². The van der Waals surface area contributed by atoms with Crippen molar-refractivity contribution in [3.63, 3.8) is 0 Å². The molecular formula is C54H54N2. The van der Waals surface area contributed by atoms with Gasteiger partial charge in [-0.05, 0) is 112 Å². The zero-order valence-electron chi connectivity index (χ0n) is 33.5. The molecular weight excluding hydrogens is 677 g/mol. The number of likely N-dealkylation sites (N-methyl/N-ethyl adjacent to an activating group) is 1. The second-order valence-corrected chi connectivity index (χ2v) is 15.0. The van der Waals surface area contributed by atoms with Gasteiger partial charge in [-0.1, -0.05) is 196 Å². The molecule has 8 rings (SSSR count). The lowest BCUT2D eigenvalue weighted by molar-refractivity contribution is 0.510. The van der Waals surface area contributed by atoms with E-state index in [1.54, 1.807) is 0 Å². The molecule has 56 heavy (non-hydrogen) atoms. The smallest absolute Gasteiger partial charge is 0.0634 e. The Bertz CT molecular complexity index is 2390. The first-order chi connectivity index (χ1) is 27.4. The van der Waals surface area contributed by atoms with Gasteiger partial charge in [-0.2, -0.15) is 0 Å². The molecule has 1 aliphatic heterocycles. The minimum Gasteiger partial charge on any atom is -0.324 e. The fraction of sp³-hybridized carbons (Fsp3) is 0.185. The Morgan fingerprint density at radius 1 is 0.589 bits per heavy atom. The average molecular weight is 731 g/mol. The van der Waals surface area contributed by atoms with Crippen LogP contribution in [0.25, 0.3) is 50.6 Å². The highest BCUT2D eigenvalue weighted by molar-refractivity contribution is 5.96. The summed E-state index contributed by atoms with van der Waals surface area (Å²) in [6.07, 6.45) is 6.56. The predicted octanol–water partition coefficient (Wildman–Crippen LogP) is 13.9. The van der Waals surface area contributed by atoms with Crippen LogP contribution in [0.2, 0.25) is 0 Å². The molecule has 0 radical (unpaired) electrons. The third-order valence-electron chi connectivity index (χ3n) is 11.5. The van der Waals surface area contributed by atoms with Crippen molar-refractivity contribution in [3.8, 4) is 44.5 Å². The van der Waals surface area contributed by atoms with Crippen LogP contribution in [0, 0.1) is 0 Å². The number of hydrogen-bond acceptors (Lipinski definition) is 2. The molecule has 0 aliphatic carbocycles. The molecule has 2 nitrogen and oxygen atoms in total. The highest BCUT2D eigenvalue weighted by atomic mass is 15.4. The Hall–Kier alpha value is -5.80. The molecule has 0 bridgehead atoms.